The third-order valence-electron chi connectivity index (χ3n) is 2.82. The second-order valence-electron chi connectivity index (χ2n) is 4.39. The van der Waals surface area contributed by atoms with Crippen molar-refractivity contribution in [2.75, 3.05) is 0 Å². The number of imidazole rings is 1. The molecule has 0 amide bonds. The lowest BCUT2D eigenvalue weighted by atomic mass is 10.3. The average molecular weight is 308 g/mol. The molecule has 1 aromatic carbocycles. The summed E-state index contributed by atoms with van der Waals surface area (Å²) in [7, 11) is 0. The largest absolute Gasteiger partial charge is 0.486 e. The van der Waals surface area contributed by atoms with Crippen molar-refractivity contribution < 1.29 is 4.74 Å². The summed E-state index contributed by atoms with van der Waals surface area (Å²) >= 11 is 11.9. The maximum atomic E-state index is 5.97. The molecule has 20 heavy (non-hydrogen) atoms. The molecular formula is C14H11Cl2N3O. The van der Waals surface area contributed by atoms with Crippen molar-refractivity contribution in [1.29, 1.82) is 0 Å². The van der Waals surface area contributed by atoms with Gasteiger partial charge in [-0.2, -0.15) is 0 Å². The van der Waals surface area contributed by atoms with Gasteiger partial charge in [-0.15, -0.1) is 0 Å². The van der Waals surface area contributed by atoms with Gasteiger partial charge in [-0.05, 0) is 25.1 Å². The van der Waals surface area contributed by atoms with Crippen molar-refractivity contribution >= 4 is 34.2 Å². The fourth-order valence-electron chi connectivity index (χ4n) is 1.89. The van der Waals surface area contributed by atoms with Gasteiger partial charge >= 0.3 is 0 Å². The number of nitrogens with zero attached hydrogens (tertiary/aromatic N) is 2. The number of hydrogen-bond donors (Lipinski definition) is 1. The van der Waals surface area contributed by atoms with Crippen LogP contribution < -0.4 is 4.74 Å². The topological polar surface area (TPSA) is 50.8 Å². The van der Waals surface area contributed by atoms with Crippen molar-refractivity contribution in [2.45, 2.75) is 13.5 Å². The molecular weight excluding hydrogens is 297 g/mol. The Morgan fingerprint density at radius 1 is 1.20 bits per heavy atom. The highest BCUT2D eigenvalue weighted by Gasteiger charge is 2.07. The number of fused-ring (bicyclic) bond motifs is 1. The summed E-state index contributed by atoms with van der Waals surface area (Å²) < 4.78 is 5.66. The monoisotopic (exact) mass is 307 g/mol. The van der Waals surface area contributed by atoms with Crippen LogP contribution in [0.3, 0.4) is 0 Å². The molecule has 0 radical (unpaired) electrons. The highest BCUT2D eigenvalue weighted by Crippen LogP contribution is 2.26. The molecule has 102 valence electrons. The molecule has 2 aromatic heterocycles. The first-order chi connectivity index (χ1) is 9.61. The fourth-order valence-corrected chi connectivity index (χ4v) is 2.21. The molecule has 0 unspecified atom stereocenters. The van der Waals surface area contributed by atoms with Gasteiger partial charge in [0.25, 0.3) is 0 Å². The van der Waals surface area contributed by atoms with E-state index >= 15 is 0 Å². The van der Waals surface area contributed by atoms with Crippen molar-refractivity contribution in [2.24, 2.45) is 0 Å². The molecule has 0 saturated carbocycles. The van der Waals surface area contributed by atoms with Crippen LogP contribution in [0, 0.1) is 6.92 Å². The zero-order chi connectivity index (χ0) is 14.1. The number of aromatic amines is 1. The zero-order valence-corrected chi connectivity index (χ0v) is 12.2. The third-order valence-corrected chi connectivity index (χ3v) is 3.54. The van der Waals surface area contributed by atoms with E-state index in [0.29, 0.717) is 22.5 Å². The van der Waals surface area contributed by atoms with Gasteiger partial charge in [0.15, 0.2) is 0 Å². The fraction of sp³-hybridized carbons (Fsp3) is 0.143. The van der Waals surface area contributed by atoms with Gasteiger partial charge in [-0.1, -0.05) is 23.2 Å². The molecule has 1 N–H and O–H groups in total. The van der Waals surface area contributed by atoms with E-state index in [9.17, 15) is 0 Å². The Labute approximate surface area is 125 Å². The summed E-state index contributed by atoms with van der Waals surface area (Å²) in [6.45, 7) is 2.26. The van der Waals surface area contributed by atoms with Gasteiger partial charge in [0.05, 0.1) is 21.1 Å². The minimum absolute atomic E-state index is 0.341. The molecule has 0 spiro atoms. The number of rotatable bonds is 3. The Bertz CT molecular complexity index is 731. The maximum Gasteiger partial charge on any atom is 0.146 e. The molecule has 0 aliphatic rings. The summed E-state index contributed by atoms with van der Waals surface area (Å²) in [6, 6.07) is 7.17. The zero-order valence-electron chi connectivity index (χ0n) is 10.7. The van der Waals surface area contributed by atoms with Crippen molar-refractivity contribution in [1.82, 2.24) is 15.0 Å². The van der Waals surface area contributed by atoms with Crippen molar-refractivity contribution in [3.8, 4) is 5.75 Å². The molecule has 0 atom stereocenters. The van der Waals surface area contributed by atoms with Crippen molar-refractivity contribution in [3.63, 3.8) is 0 Å². The first kappa shape index (κ1) is 13.2. The Morgan fingerprint density at radius 2 is 2.00 bits per heavy atom. The number of hydrogen-bond acceptors (Lipinski definition) is 3. The molecule has 0 bridgehead atoms. The van der Waals surface area contributed by atoms with Crippen LogP contribution in [0.1, 0.15) is 11.5 Å². The van der Waals surface area contributed by atoms with Crippen molar-refractivity contribution in [3.05, 3.63) is 52.0 Å². The summed E-state index contributed by atoms with van der Waals surface area (Å²) in [5.41, 5.74) is 2.51. The van der Waals surface area contributed by atoms with E-state index in [1.807, 2.05) is 19.1 Å². The van der Waals surface area contributed by atoms with Crippen LogP contribution in [-0.2, 0) is 6.61 Å². The number of benzene rings is 1. The van der Waals surface area contributed by atoms with E-state index in [4.69, 9.17) is 27.9 Å². The minimum Gasteiger partial charge on any atom is -0.486 e. The number of ether oxygens (including phenoxy) is 1. The predicted molar refractivity (Wildman–Crippen MR) is 79.4 cm³/mol. The highest BCUT2D eigenvalue weighted by atomic mass is 35.5. The van der Waals surface area contributed by atoms with Crippen LogP contribution in [0.2, 0.25) is 10.0 Å². The molecule has 6 heteroatoms. The third kappa shape index (κ3) is 2.71. The van der Waals surface area contributed by atoms with Gasteiger partial charge in [0, 0.05) is 18.0 Å². The number of nitrogens with one attached hydrogen (secondary N) is 1. The molecule has 0 aliphatic heterocycles. The van der Waals surface area contributed by atoms with Crippen LogP contribution in [0.25, 0.3) is 11.0 Å². The molecule has 0 aliphatic carbocycles. The summed E-state index contributed by atoms with van der Waals surface area (Å²) in [5.74, 6) is 1.47. The number of aryl methyl sites for hydroxylation is 1. The standard InChI is InChI=1S/C14H11Cl2N3O/c1-8-4-9(2-3-17-8)20-7-14-18-12-5-10(15)11(16)6-13(12)19-14/h2-6H,7H2,1H3,(H,18,19). The number of halogens is 2. The Kier molecular flexibility index (Phi) is 3.51. The first-order valence-electron chi connectivity index (χ1n) is 6.01. The lowest BCUT2D eigenvalue weighted by Crippen LogP contribution is -1.97. The minimum atomic E-state index is 0.341. The normalized spacial score (nSPS) is 10.9. The van der Waals surface area contributed by atoms with E-state index < -0.39 is 0 Å². The summed E-state index contributed by atoms with van der Waals surface area (Å²) in [5, 5.41) is 0.989. The molecule has 0 saturated heterocycles. The van der Waals surface area contributed by atoms with Gasteiger partial charge in [0.2, 0.25) is 0 Å². The van der Waals surface area contributed by atoms with Crippen LogP contribution in [0.15, 0.2) is 30.5 Å². The summed E-state index contributed by atoms with van der Waals surface area (Å²) in [6.07, 6.45) is 1.71. The second kappa shape index (κ2) is 5.31. The molecule has 3 aromatic rings. The molecule has 2 heterocycles. The van der Waals surface area contributed by atoms with Gasteiger partial charge < -0.3 is 9.72 Å². The number of pyridine rings is 1. The second-order valence-corrected chi connectivity index (χ2v) is 5.20. The summed E-state index contributed by atoms with van der Waals surface area (Å²) in [4.78, 5) is 11.7. The Balaban J connectivity index is 1.81. The Hall–Kier alpha value is -1.78. The maximum absolute atomic E-state index is 5.97. The number of aromatic nitrogens is 3. The predicted octanol–water partition coefficient (Wildman–Crippen LogP) is 4.15. The molecule has 4 nitrogen and oxygen atoms in total. The highest BCUT2D eigenvalue weighted by molar-refractivity contribution is 6.42. The SMILES string of the molecule is Cc1cc(OCc2nc3cc(Cl)c(Cl)cc3[nH]2)ccn1. The van der Waals surface area contributed by atoms with Gasteiger partial charge in [-0.3, -0.25) is 4.98 Å². The van der Waals surface area contributed by atoms with Gasteiger partial charge in [0.1, 0.15) is 18.2 Å². The smallest absolute Gasteiger partial charge is 0.146 e. The first-order valence-corrected chi connectivity index (χ1v) is 6.76. The van der Waals surface area contributed by atoms with Crippen LogP contribution in [0.5, 0.6) is 5.75 Å². The average Bonchev–Trinajstić information content (AvgIpc) is 2.79. The lowest BCUT2D eigenvalue weighted by Gasteiger charge is -2.03. The van der Waals surface area contributed by atoms with E-state index in [1.165, 1.54) is 0 Å². The van der Waals surface area contributed by atoms with Crippen LogP contribution in [-0.4, -0.2) is 15.0 Å². The Morgan fingerprint density at radius 3 is 2.80 bits per heavy atom. The lowest BCUT2D eigenvalue weighted by molar-refractivity contribution is 0.297. The molecule has 3 rings (SSSR count). The van der Waals surface area contributed by atoms with E-state index in [1.54, 1.807) is 18.3 Å². The van der Waals surface area contributed by atoms with E-state index in [0.717, 1.165) is 22.5 Å². The quantitative estimate of drug-likeness (QED) is 0.790. The van der Waals surface area contributed by atoms with E-state index in [2.05, 4.69) is 15.0 Å². The number of H-pyrrole nitrogens is 1. The van der Waals surface area contributed by atoms with Gasteiger partial charge in [-0.25, -0.2) is 4.98 Å². The van der Waals surface area contributed by atoms with Crippen LogP contribution in [0.4, 0.5) is 0 Å². The van der Waals surface area contributed by atoms with Crippen LogP contribution >= 0.6 is 23.2 Å². The molecule has 0 fully saturated rings. The van der Waals surface area contributed by atoms with E-state index in [-0.39, 0.29) is 0 Å².